The number of nitrogens with one attached hydrogen (secondary N) is 1. The van der Waals surface area contributed by atoms with Crippen LogP contribution in [0.5, 0.6) is 0 Å². The van der Waals surface area contributed by atoms with Crippen LogP contribution in [-0.2, 0) is 4.74 Å². The largest absolute Gasteiger partial charge is 0.394 e. The molecule has 2 aromatic rings. The summed E-state index contributed by atoms with van der Waals surface area (Å²) in [5.41, 5.74) is 2.20. The van der Waals surface area contributed by atoms with E-state index in [0.29, 0.717) is 23.5 Å². The lowest BCUT2D eigenvalue weighted by molar-refractivity contribution is -0.0511. The SMILES string of the molecule is CC(C)=CCNc1ncnc2c1ncn2[C@@H]1O[C@H](CO)[C@H](O)[C@@H]1O. The van der Waals surface area contributed by atoms with E-state index in [0.717, 1.165) is 0 Å². The molecule has 1 aliphatic rings. The minimum atomic E-state index is -1.18. The first-order valence-corrected chi connectivity index (χ1v) is 7.70. The number of anilines is 1. The van der Waals surface area contributed by atoms with Gasteiger partial charge in [0.2, 0.25) is 0 Å². The van der Waals surface area contributed by atoms with E-state index in [4.69, 9.17) is 4.74 Å². The molecule has 4 N–H and O–H groups in total. The van der Waals surface area contributed by atoms with E-state index < -0.39 is 24.5 Å². The second-order valence-electron chi connectivity index (χ2n) is 5.94. The Hall–Kier alpha value is -2.07. The average molecular weight is 335 g/mol. The van der Waals surface area contributed by atoms with Crippen LogP contribution < -0.4 is 5.32 Å². The van der Waals surface area contributed by atoms with Gasteiger partial charge in [0.1, 0.15) is 24.6 Å². The molecule has 0 bridgehead atoms. The van der Waals surface area contributed by atoms with Gasteiger partial charge in [-0.25, -0.2) is 15.0 Å². The van der Waals surface area contributed by atoms with E-state index in [1.54, 1.807) is 0 Å². The summed E-state index contributed by atoms with van der Waals surface area (Å²) in [6.07, 6.45) is 0.823. The summed E-state index contributed by atoms with van der Waals surface area (Å²) in [5.74, 6) is 0.572. The highest BCUT2D eigenvalue weighted by Crippen LogP contribution is 2.31. The molecule has 0 unspecified atom stereocenters. The summed E-state index contributed by atoms with van der Waals surface area (Å²) >= 11 is 0. The Labute approximate surface area is 138 Å². The molecule has 4 atom stereocenters. The van der Waals surface area contributed by atoms with Gasteiger partial charge in [-0.1, -0.05) is 11.6 Å². The molecule has 9 heteroatoms. The van der Waals surface area contributed by atoms with Crippen LogP contribution in [0.1, 0.15) is 20.1 Å². The Morgan fingerprint density at radius 2 is 2.08 bits per heavy atom. The van der Waals surface area contributed by atoms with Crippen molar-refractivity contribution in [3.63, 3.8) is 0 Å². The average Bonchev–Trinajstić information content (AvgIpc) is 3.10. The molecule has 0 radical (unpaired) electrons. The lowest BCUT2D eigenvalue weighted by Gasteiger charge is -2.16. The lowest BCUT2D eigenvalue weighted by atomic mass is 10.1. The number of imidazole rings is 1. The number of nitrogens with zero attached hydrogens (tertiary/aromatic N) is 4. The van der Waals surface area contributed by atoms with Gasteiger partial charge in [0.15, 0.2) is 23.2 Å². The van der Waals surface area contributed by atoms with E-state index in [9.17, 15) is 15.3 Å². The zero-order chi connectivity index (χ0) is 17.3. The van der Waals surface area contributed by atoms with E-state index in [2.05, 4.69) is 20.3 Å². The van der Waals surface area contributed by atoms with Gasteiger partial charge >= 0.3 is 0 Å². The van der Waals surface area contributed by atoms with Crippen molar-refractivity contribution in [1.82, 2.24) is 19.5 Å². The van der Waals surface area contributed by atoms with Crippen molar-refractivity contribution in [3.05, 3.63) is 24.3 Å². The van der Waals surface area contributed by atoms with Crippen LogP contribution in [0, 0.1) is 0 Å². The minimum Gasteiger partial charge on any atom is -0.394 e. The maximum atomic E-state index is 10.2. The van der Waals surface area contributed by atoms with Gasteiger partial charge in [-0.2, -0.15) is 0 Å². The third kappa shape index (κ3) is 2.98. The van der Waals surface area contributed by atoms with Crippen LogP contribution in [0.3, 0.4) is 0 Å². The fourth-order valence-corrected chi connectivity index (χ4v) is 2.63. The van der Waals surface area contributed by atoms with Crippen LogP contribution in [0.25, 0.3) is 11.2 Å². The van der Waals surface area contributed by atoms with Crippen molar-refractivity contribution < 1.29 is 20.1 Å². The first-order chi connectivity index (χ1) is 11.5. The third-order valence-electron chi connectivity index (χ3n) is 3.93. The van der Waals surface area contributed by atoms with Crippen molar-refractivity contribution in [2.75, 3.05) is 18.5 Å². The molecule has 1 saturated heterocycles. The smallest absolute Gasteiger partial charge is 0.167 e. The number of aromatic nitrogens is 4. The van der Waals surface area contributed by atoms with Gasteiger partial charge in [-0.05, 0) is 13.8 Å². The van der Waals surface area contributed by atoms with Gasteiger partial charge in [0.05, 0.1) is 12.9 Å². The number of hydrogen-bond donors (Lipinski definition) is 4. The first-order valence-electron chi connectivity index (χ1n) is 7.70. The molecule has 3 rings (SSSR count). The standard InChI is InChI=1S/C15H21N5O4/c1-8(2)3-4-16-13-10-14(18-6-17-13)20(7-19-10)15-12(23)11(22)9(5-21)24-15/h3,6-7,9,11-12,15,21-23H,4-5H2,1-2H3,(H,16,17,18)/t9-,11+,12+,15-/m1/s1. The number of rotatable bonds is 5. The van der Waals surface area contributed by atoms with E-state index in [1.807, 2.05) is 19.9 Å². The zero-order valence-electron chi connectivity index (χ0n) is 13.5. The van der Waals surface area contributed by atoms with E-state index >= 15 is 0 Å². The van der Waals surface area contributed by atoms with Gasteiger partial charge in [-0.3, -0.25) is 4.57 Å². The summed E-state index contributed by atoms with van der Waals surface area (Å²) in [4.78, 5) is 12.7. The molecular formula is C15H21N5O4. The predicted octanol–water partition coefficient (Wildman–Crippen LogP) is -0.184. The maximum absolute atomic E-state index is 10.2. The monoisotopic (exact) mass is 335 g/mol. The highest BCUT2D eigenvalue weighted by molar-refractivity contribution is 5.82. The Bertz CT molecular complexity index is 743. The van der Waals surface area contributed by atoms with Crippen molar-refractivity contribution in [1.29, 1.82) is 0 Å². The quantitative estimate of drug-likeness (QED) is 0.554. The third-order valence-corrected chi connectivity index (χ3v) is 3.93. The fourth-order valence-electron chi connectivity index (χ4n) is 2.63. The van der Waals surface area contributed by atoms with Gasteiger partial charge in [0.25, 0.3) is 0 Å². The summed E-state index contributed by atoms with van der Waals surface area (Å²) in [7, 11) is 0. The molecule has 3 heterocycles. The molecule has 9 nitrogen and oxygen atoms in total. The van der Waals surface area contributed by atoms with Crippen molar-refractivity contribution in [2.24, 2.45) is 0 Å². The summed E-state index contributed by atoms with van der Waals surface area (Å²) in [6, 6.07) is 0. The molecule has 0 saturated carbocycles. The molecule has 0 spiro atoms. The summed E-state index contributed by atoms with van der Waals surface area (Å²) in [6.45, 7) is 4.24. The molecule has 1 aliphatic heterocycles. The second-order valence-corrected chi connectivity index (χ2v) is 5.94. The fraction of sp³-hybridized carbons (Fsp3) is 0.533. The maximum Gasteiger partial charge on any atom is 0.167 e. The summed E-state index contributed by atoms with van der Waals surface area (Å²) < 4.78 is 7.06. The first kappa shape index (κ1) is 16.8. The molecule has 0 amide bonds. The van der Waals surface area contributed by atoms with E-state index in [1.165, 1.54) is 22.8 Å². The lowest BCUT2D eigenvalue weighted by Crippen LogP contribution is -2.33. The second kappa shape index (κ2) is 6.81. The van der Waals surface area contributed by atoms with Crippen molar-refractivity contribution >= 4 is 17.0 Å². The molecular weight excluding hydrogens is 314 g/mol. The molecule has 2 aromatic heterocycles. The number of aliphatic hydroxyl groups excluding tert-OH is 3. The minimum absolute atomic E-state index is 0.383. The number of hydrogen-bond acceptors (Lipinski definition) is 8. The zero-order valence-corrected chi connectivity index (χ0v) is 13.5. The van der Waals surface area contributed by atoms with Crippen LogP contribution in [0.4, 0.5) is 5.82 Å². The van der Waals surface area contributed by atoms with Crippen molar-refractivity contribution in [3.8, 4) is 0 Å². The number of fused-ring (bicyclic) bond motifs is 1. The van der Waals surface area contributed by atoms with Gasteiger partial charge < -0.3 is 25.4 Å². The Balaban J connectivity index is 1.90. The number of ether oxygens (including phenoxy) is 1. The van der Waals surface area contributed by atoms with Crippen LogP contribution >= 0.6 is 0 Å². The number of allylic oxidation sites excluding steroid dienone is 1. The van der Waals surface area contributed by atoms with Gasteiger partial charge in [-0.15, -0.1) is 0 Å². The summed E-state index contributed by atoms with van der Waals surface area (Å²) in [5, 5.41) is 32.4. The van der Waals surface area contributed by atoms with Crippen LogP contribution in [0.2, 0.25) is 0 Å². The highest BCUT2D eigenvalue weighted by Gasteiger charge is 2.43. The molecule has 24 heavy (non-hydrogen) atoms. The number of aliphatic hydroxyl groups is 3. The van der Waals surface area contributed by atoms with Gasteiger partial charge in [0, 0.05) is 6.54 Å². The molecule has 0 aromatic carbocycles. The normalized spacial score (nSPS) is 26.7. The Morgan fingerprint density at radius 3 is 2.75 bits per heavy atom. The molecule has 1 fully saturated rings. The molecule has 0 aliphatic carbocycles. The Kier molecular flexibility index (Phi) is 4.76. The topological polar surface area (TPSA) is 126 Å². The van der Waals surface area contributed by atoms with Crippen LogP contribution in [0.15, 0.2) is 24.3 Å². The highest BCUT2D eigenvalue weighted by atomic mass is 16.6. The van der Waals surface area contributed by atoms with Crippen LogP contribution in [-0.4, -0.2) is 66.3 Å². The van der Waals surface area contributed by atoms with E-state index in [-0.39, 0.29) is 6.61 Å². The van der Waals surface area contributed by atoms with Crippen molar-refractivity contribution in [2.45, 2.75) is 38.4 Å². The Morgan fingerprint density at radius 1 is 1.29 bits per heavy atom. The molecule has 130 valence electrons. The predicted molar refractivity (Wildman–Crippen MR) is 86.3 cm³/mol.